The van der Waals surface area contributed by atoms with Crippen molar-refractivity contribution in [1.29, 1.82) is 0 Å². The molecule has 0 radical (unpaired) electrons. The van der Waals surface area contributed by atoms with Gasteiger partial charge in [-0.15, -0.1) is 0 Å². The Morgan fingerprint density at radius 1 is 1.17 bits per heavy atom. The van der Waals surface area contributed by atoms with Crippen LogP contribution < -0.4 is 10.9 Å². The van der Waals surface area contributed by atoms with Crippen LogP contribution in [0.2, 0.25) is 0 Å². The molecule has 1 amide bonds. The Kier molecular flexibility index (Phi) is 6.22. The lowest BCUT2D eigenvalue weighted by Crippen LogP contribution is -2.30. The maximum Gasteiger partial charge on any atom is 0.336 e. The summed E-state index contributed by atoms with van der Waals surface area (Å²) < 4.78 is 16.1. The summed E-state index contributed by atoms with van der Waals surface area (Å²) in [7, 11) is 0. The molecule has 0 spiro atoms. The number of halogens is 1. The molecule has 0 aliphatic rings. The summed E-state index contributed by atoms with van der Waals surface area (Å²) in [4.78, 5) is 35.8. The molecule has 1 N–H and O–H groups in total. The number of nitrogens with one attached hydrogen (secondary N) is 1. The van der Waals surface area contributed by atoms with Gasteiger partial charge in [-0.25, -0.2) is 4.79 Å². The van der Waals surface area contributed by atoms with Crippen LogP contribution in [0, 0.1) is 6.92 Å². The van der Waals surface area contributed by atoms with Gasteiger partial charge in [-0.2, -0.15) is 0 Å². The summed E-state index contributed by atoms with van der Waals surface area (Å²) in [5.74, 6) is -0.802. The summed E-state index contributed by atoms with van der Waals surface area (Å²) in [5.41, 5.74) is 2.62. The average Bonchev–Trinajstić information content (AvgIpc) is 3.09. The zero-order chi connectivity index (χ0) is 21.1. The van der Waals surface area contributed by atoms with Gasteiger partial charge in [0.25, 0.3) is 5.91 Å². The number of fused-ring (bicyclic) bond motifs is 1. The number of rotatable bonds is 6. The van der Waals surface area contributed by atoms with Gasteiger partial charge in [-0.1, -0.05) is 13.8 Å². The molecule has 3 aromatic rings. The van der Waals surface area contributed by atoms with Crippen molar-refractivity contribution in [1.82, 2.24) is 5.32 Å². The molecule has 7 nitrogen and oxygen atoms in total. The van der Waals surface area contributed by atoms with E-state index in [0.717, 1.165) is 16.5 Å². The van der Waals surface area contributed by atoms with E-state index >= 15 is 0 Å². The molecule has 0 atom stereocenters. The molecule has 29 heavy (non-hydrogen) atoms. The fraction of sp³-hybridized carbons (Fsp3) is 0.286. The molecule has 0 saturated heterocycles. The lowest BCUT2D eigenvalue weighted by molar-refractivity contribution is -0.143. The van der Waals surface area contributed by atoms with Crippen LogP contribution in [-0.2, 0) is 16.1 Å². The van der Waals surface area contributed by atoms with Gasteiger partial charge in [0.1, 0.15) is 18.7 Å². The van der Waals surface area contributed by atoms with Crippen molar-refractivity contribution in [3.05, 3.63) is 67.9 Å². The number of furan rings is 1. The first-order chi connectivity index (χ1) is 13.7. The smallest absolute Gasteiger partial charge is 0.336 e. The van der Waals surface area contributed by atoms with Crippen molar-refractivity contribution in [2.75, 3.05) is 6.54 Å². The van der Waals surface area contributed by atoms with Gasteiger partial charge in [0.05, 0.1) is 0 Å². The molecule has 0 bridgehead atoms. The lowest BCUT2D eigenvalue weighted by atomic mass is 9.95. The van der Waals surface area contributed by atoms with Crippen molar-refractivity contribution < 1.29 is 23.2 Å². The van der Waals surface area contributed by atoms with E-state index in [-0.39, 0.29) is 18.9 Å². The van der Waals surface area contributed by atoms with E-state index in [2.05, 4.69) is 35.1 Å². The summed E-state index contributed by atoms with van der Waals surface area (Å²) in [6.07, 6.45) is 0. The minimum Gasteiger partial charge on any atom is -0.459 e. The minimum absolute atomic E-state index is 0.0768. The molecule has 1 aromatic carbocycles. The first-order valence-electron chi connectivity index (χ1n) is 9.01. The zero-order valence-electron chi connectivity index (χ0n) is 16.2. The number of ether oxygens (including phenoxy) is 1. The lowest BCUT2D eigenvalue weighted by Gasteiger charge is -2.13. The van der Waals surface area contributed by atoms with E-state index < -0.39 is 17.5 Å². The number of hydrogen-bond acceptors (Lipinski definition) is 6. The zero-order valence-corrected chi connectivity index (χ0v) is 17.8. The molecule has 8 heteroatoms. The highest BCUT2D eigenvalue weighted by Gasteiger charge is 2.15. The van der Waals surface area contributed by atoms with Gasteiger partial charge in [-0.3, -0.25) is 9.59 Å². The van der Waals surface area contributed by atoms with E-state index in [4.69, 9.17) is 13.6 Å². The number of esters is 1. The third kappa shape index (κ3) is 4.95. The second-order valence-electron chi connectivity index (χ2n) is 6.90. The second-order valence-corrected chi connectivity index (χ2v) is 7.68. The molecule has 2 heterocycles. The molecule has 0 unspecified atom stereocenters. The number of benzene rings is 1. The van der Waals surface area contributed by atoms with Gasteiger partial charge >= 0.3 is 11.6 Å². The number of aryl methyl sites for hydroxylation is 1. The summed E-state index contributed by atoms with van der Waals surface area (Å²) in [5, 5.41) is 3.14. The van der Waals surface area contributed by atoms with Crippen molar-refractivity contribution in [2.45, 2.75) is 33.3 Å². The number of carbonyl (C=O) groups is 2. The molecule has 0 aliphatic carbocycles. The van der Waals surface area contributed by atoms with E-state index in [1.54, 1.807) is 6.07 Å². The van der Waals surface area contributed by atoms with Crippen LogP contribution in [0.3, 0.4) is 0 Å². The maximum absolute atomic E-state index is 12.0. The predicted octanol–water partition coefficient (Wildman–Crippen LogP) is 4.05. The number of carbonyl (C=O) groups excluding carboxylic acids is 2. The quantitative estimate of drug-likeness (QED) is 0.439. The molecule has 3 rings (SSSR count). The molecule has 2 aromatic heterocycles. The predicted molar refractivity (Wildman–Crippen MR) is 110 cm³/mol. The van der Waals surface area contributed by atoms with Gasteiger partial charge in [0.2, 0.25) is 0 Å². The van der Waals surface area contributed by atoms with E-state index in [0.29, 0.717) is 21.7 Å². The molecule has 0 aliphatic heterocycles. The fourth-order valence-electron chi connectivity index (χ4n) is 3.02. The second kappa shape index (κ2) is 8.65. The van der Waals surface area contributed by atoms with Crippen molar-refractivity contribution in [3.8, 4) is 0 Å². The minimum atomic E-state index is -0.637. The third-order valence-corrected chi connectivity index (χ3v) is 4.84. The molecular weight excluding hydrogens is 442 g/mol. The van der Waals surface area contributed by atoms with Crippen LogP contribution in [0.5, 0.6) is 0 Å². The van der Waals surface area contributed by atoms with Gasteiger partial charge in [0.15, 0.2) is 10.4 Å². The molecule has 0 saturated carbocycles. The Bertz CT molecular complexity index is 1130. The monoisotopic (exact) mass is 461 g/mol. The third-order valence-electron chi connectivity index (χ3n) is 4.42. The molecule has 152 valence electrons. The van der Waals surface area contributed by atoms with Crippen molar-refractivity contribution in [3.63, 3.8) is 0 Å². The fourth-order valence-corrected chi connectivity index (χ4v) is 3.32. The van der Waals surface area contributed by atoms with Gasteiger partial charge in [-0.05, 0) is 64.2 Å². The van der Waals surface area contributed by atoms with E-state index in [9.17, 15) is 14.4 Å². The van der Waals surface area contributed by atoms with Crippen LogP contribution in [-0.4, -0.2) is 18.4 Å². The molecular formula is C21H20BrNO6. The standard InChI is InChI=1S/C21H20BrNO6/c1-11(2)14-8-15-13(7-19(24)29-17(15)6-12(14)3)10-27-20(25)9-23-21(26)16-4-5-18(22)28-16/h4-8,11H,9-10H2,1-3H3,(H,23,26). The average molecular weight is 462 g/mol. The highest BCUT2D eigenvalue weighted by atomic mass is 79.9. The van der Waals surface area contributed by atoms with Crippen molar-refractivity contribution in [2.24, 2.45) is 0 Å². The van der Waals surface area contributed by atoms with Crippen LogP contribution in [0.4, 0.5) is 0 Å². The van der Waals surface area contributed by atoms with Crippen LogP contribution >= 0.6 is 15.9 Å². The van der Waals surface area contributed by atoms with E-state index in [1.807, 2.05) is 19.1 Å². The highest BCUT2D eigenvalue weighted by molar-refractivity contribution is 9.10. The van der Waals surface area contributed by atoms with Crippen LogP contribution in [0.1, 0.15) is 47.0 Å². The Balaban J connectivity index is 1.71. The van der Waals surface area contributed by atoms with Gasteiger partial charge < -0.3 is 18.9 Å². The SMILES string of the molecule is Cc1cc2oc(=O)cc(COC(=O)CNC(=O)c3ccc(Br)o3)c2cc1C(C)C. The number of hydrogen-bond donors (Lipinski definition) is 1. The maximum atomic E-state index is 12.0. The van der Waals surface area contributed by atoms with E-state index in [1.165, 1.54) is 12.1 Å². The number of amides is 1. The first-order valence-corrected chi connectivity index (χ1v) is 9.80. The van der Waals surface area contributed by atoms with Gasteiger partial charge in [0, 0.05) is 17.0 Å². The largest absolute Gasteiger partial charge is 0.459 e. The topological polar surface area (TPSA) is 98.7 Å². The highest BCUT2D eigenvalue weighted by Crippen LogP contribution is 2.27. The normalized spacial score (nSPS) is 11.1. The van der Waals surface area contributed by atoms with Crippen LogP contribution in [0.25, 0.3) is 11.0 Å². The van der Waals surface area contributed by atoms with Crippen molar-refractivity contribution >= 4 is 38.8 Å². The Labute approximate surface area is 175 Å². The Hall–Kier alpha value is -2.87. The molecule has 0 fully saturated rings. The Morgan fingerprint density at radius 3 is 2.59 bits per heavy atom. The summed E-state index contributed by atoms with van der Waals surface area (Å²) in [6, 6.07) is 8.14. The summed E-state index contributed by atoms with van der Waals surface area (Å²) in [6.45, 7) is 5.68. The summed E-state index contributed by atoms with van der Waals surface area (Å²) >= 11 is 3.10. The van der Waals surface area contributed by atoms with Crippen LogP contribution in [0.15, 0.2) is 48.6 Å². The first kappa shape index (κ1) is 20.9. The Morgan fingerprint density at radius 2 is 1.93 bits per heavy atom.